The first-order valence-corrected chi connectivity index (χ1v) is 20.5. The summed E-state index contributed by atoms with van der Waals surface area (Å²) >= 11 is 1.77. The first-order chi connectivity index (χ1) is 27.5. The van der Waals surface area contributed by atoms with Gasteiger partial charge in [-0.15, -0.1) is 11.3 Å². The number of likely N-dealkylation sites (tertiary alicyclic amines) is 2. The van der Waals surface area contributed by atoms with Gasteiger partial charge in [0.05, 0.1) is 61.1 Å². The number of thiophene rings is 1. The summed E-state index contributed by atoms with van der Waals surface area (Å²) in [6.07, 6.45) is 8.13. The van der Waals surface area contributed by atoms with Crippen molar-refractivity contribution in [2.75, 3.05) is 34.4 Å². The molecule has 1 aromatic carbocycles. The largest absolute Gasteiger partial charge is 0.453 e. The molecule has 5 heterocycles. The Kier molecular flexibility index (Phi) is 12.0. The molecule has 2 fully saturated rings. The normalized spacial score (nSPS) is 19.4. The SMILES string of the molecule is COC(=O)N[C@H](C(=O)N1CCC[C@H]1c1ncc(-c2ccc(-c3sc(-c4cnc([C@@H]5CCCN5C(=O)[C@@H](NC(=O)OC)[C@@H](C)OC)[nH]4)c4c3CCC4)cc2)[nH]1)C(C)C. The topological polar surface area (TPSA) is 184 Å². The standard InChI is InChI=1S/C41H52N8O7S/c1-22(2)32(46-40(52)55-5)38(50)48-18-8-12-30(48)36-42-20-28(44-36)24-14-16-25(17-15-24)34-26-10-7-11-27(26)35(57-34)29-21-43-37(45-29)31-13-9-19-49(31)39(51)33(23(3)54-4)47-41(53)56-6/h14-17,20-23,30-33H,7-13,18-19H2,1-6H3,(H,42,44)(H,43,45)(H,46,52)(H,47,53)/t23-,30+,31+,32+,33+/m1/s1. The molecule has 304 valence electrons. The van der Waals surface area contributed by atoms with E-state index in [4.69, 9.17) is 24.2 Å². The Morgan fingerprint density at radius 1 is 0.719 bits per heavy atom. The minimum Gasteiger partial charge on any atom is -0.453 e. The van der Waals surface area contributed by atoms with Gasteiger partial charge in [0, 0.05) is 25.1 Å². The molecule has 4 aromatic rings. The highest BCUT2D eigenvalue weighted by atomic mass is 32.1. The second-order valence-corrected chi connectivity index (χ2v) is 16.3. The van der Waals surface area contributed by atoms with Crippen LogP contribution in [-0.4, -0.2) is 106 Å². The molecule has 15 nitrogen and oxygen atoms in total. The molecule has 7 rings (SSSR count). The second-order valence-electron chi connectivity index (χ2n) is 15.3. The van der Waals surface area contributed by atoms with Crippen LogP contribution in [0.1, 0.15) is 87.7 Å². The van der Waals surface area contributed by atoms with E-state index in [2.05, 4.69) is 44.9 Å². The zero-order chi connectivity index (χ0) is 40.4. The molecular weight excluding hydrogens is 749 g/mol. The van der Waals surface area contributed by atoms with Crippen molar-refractivity contribution in [2.45, 2.75) is 96.0 Å². The van der Waals surface area contributed by atoms with E-state index in [1.807, 2.05) is 31.1 Å². The van der Waals surface area contributed by atoms with Crippen LogP contribution in [0.2, 0.25) is 0 Å². The summed E-state index contributed by atoms with van der Waals surface area (Å²) in [7, 11) is 4.07. The van der Waals surface area contributed by atoms with Crippen molar-refractivity contribution in [3.05, 3.63) is 59.4 Å². The summed E-state index contributed by atoms with van der Waals surface area (Å²) in [5, 5.41) is 5.35. The highest BCUT2D eigenvalue weighted by molar-refractivity contribution is 7.19. The number of imidazole rings is 2. The molecule has 4 amide bonds. The Morgan fingerprint density at radius 2 is 1.23 bits per heavy atom. The van der Waals surface area contributed by atoms with Crippen LogP contribution in [0.4, 0.5) is 9.59 Å². The van der Waals surface area contributed by atoms with Crippen molar-refractivity contribution in [1.29, 1.82) is 0 Å². The van der Waals surface area contributed by atoms with Gasteiger partial charge in [-0.05, 0) is 80.0 Å². The van der Waals surface area contributed by atoms with Crippen LogP contribution in [0.25, 0.3) is 32.3 Å². The molecule has 2 saturated heterocycles. The quantitative estimate of drug-likeness (QED) is 0.131. The predicted molar refractivity (Wildman–Crippen MR) is 214 cm³/mol. The number of rotatable bonds is 12. The van der Waals surface area contributed by atoms with Gasteiger partial charge in [-0.1, -0.05) is 38.1 Å². The Balaban J connectivity index is 1.08. The maximum atomic E-state index is 13.8. The number of nitrogens with zero attached hydrogens (tertiary/aromatic N) is 4. The van der Waals surface area contributed by atoms with Gasteiger partial charge in [-0.2, -0.15) is 0 Å². The smallest absolute Gasteiger partial charge is 0.407 e. The van der Waals surface area contributed by atoms with Gasteiger partial charge in [0.25, 0.3) is 0 Å². The zero-order valence-corrected chi connectivity index (χ0v) is 34.2. The lowest BCUT2D eigenvalue weighted by Gasteiger charge is -2.30. The van der Waals surface area contributed by atoms with Crippen LogP contribution in [0.15, 0.2) is 36.7 Å². The lowest BCUT2D eigenvalue weighted by molar-refractivity contribution is -0.137. The predicted octanol–water partition coefficient (Wildman–Crippen LogP) is 6.15. The summed E-state index contributed by atoms with van der Waals surface area (Å²) in [5.41, 5.74) is 6.66. The fourth-order valence-corrected chi connectivity index (χ4v) is 9.75. The molecule has 0 saturated carbocycles. The van der Waals surface area contributed by atoms with E-state index >= 15 is 0 Å². The van der Waals surface area contributed by atoms with Crippen molar-refractivity contribution >= 4 is 35.3 Å². The number of H-pyrrole nitrogens is 2. The van der Waals surface area contributed by atoms with E-state index in [0.717, 1.165) is 79.1 Å². The Morgan fingerprint density at radius 3 is 1.79 bits per heavy atom. The molecule has 3 aliphatic rings. The van der Waals surface area contributed by atoms with Gasteiger partial charge in [-0.25, -0.2) is 19.6 Å². The summed E-state index contributed by atoms with van der Waals surface area (Å²) < 4.78 is 15.0. The molecule has 0 bridgehead atoms. The van der Waals surface area contributed by atoms with Crippen molar-refractivity contribution in [1.82, 2.24) is 40.4 Å². The number of fused-ring (bicyclic) bond motifs is 1. The molecule has 0 unspecified atom stereocenters. The van der Waals surface area contributed by atoms with E-state index < -0.39 is 30.4 Å². The Labute approximate surface area is 336 Å². The Hall–Kier alpha value is -5.22. The Bertz CT molecular complexity index is 2090. The third kappa shape index (κ3) is 8.02. The summed E-state index contributed by atoms with van der Waals surface area (Å²) in [5.74, 6) is 0.979. The van der Waals surface area contributed by atoms with Crippen LogP contribution >= 0.6 is 11.3 Å². The molecule has 0 radical (unpaired) electrons. The number of aromatic nitrogens is 4. The second kappa shape index (κ2) is 17.1. The van der Waals surface area contributed by atoms with Crippen molar-refractivity contribution in [3.63, 3.8) is 0 Å². The van der Waals surface area contributed by atoms with Gasteiger partial charge in [-0.3, -0.25) is 9.59 Å². The monoisotopic (exact) mass is 800 g/mol. The fraction of sp³-hybridized carbons (Fsp3) is 0.512. The van der Waals surface area contributed by atoms with Gasteiger partial charge >= 0.3 is 12.2 Å². The number of amides is 4. The van der Waals surface area contributed by atoms with Crippen LogP contribution in [0.5, 0.6) is 0 Å². The number of nitrogens with one attached hydrogen (secondary N) is 4. The summed E-state index contributed by atoms with van der Waals surface area (Å²) in [6, 6.07) is 6.47. The lowest BCUT2D eigenvalue weighted by atomic mass is 10.0. The minimum absolute atomic E-state index is 0.107. The van der Waals surface area contributed by atoms with Crippen LogP contribution in [0, 0.1) is 5.92 Å². The molecule has 4 N–H and O–H groups in total. The van der Waals surface area contributed by atoms with Crippen LogP contribution < -0.4 is 10.6 Å². The first kappa shape index (κ1) is 40.0. The first-order valence-electron chi connectivity index (χ1n) is 19.7. The number of methoxy groups -OCH3 is 3. The van der Waals surface area contributed by atoms with Gasteiger partial charge in [0.2, 0.25) is 11.8 Å². The molecular formula is C41H52N8O7S. The summed E-state index contributed by atoms with van der Waals surface area (Å²) in [4.78, 5) is 74.0. The van der Waals surface area contributed by atoms with Crippen molar-refractivity contribution in [3.8, 4) is 32.3 Å². The third-order valence-electron chi connectivity index (χ3n) is 11.5. The molecule has 0 spiro atoms. The van der Waals surface area contributed by atoms with Gasteiger partial charge in [0.15, 0.2) is 0 Å². The number of aromatic amines is 2. The minimum atomic E-state index is -0.892. The van der Waals surface area contributed by atoms with E-state index in [0.29, 0.717) is 13.1 Å². The lowest BCUT2D eigenvalue weighted by Crippen LogP contribution is -2.54. The fourth-order valence-electron chi connectivity index (χ4n) is 8.38. The molecule has 16 heteroatoms. The number of hydrogen-bond donors (Lipinski definition) is 4. The van der Waals surface area contributed by atoms with E-state index in [9.17, 15) is 19.2 Å². The molecule has 57 heavy (non-hydrogen) atoms. The molecule has 5 atom stereocenters. The van der Waals surface area contributed by atoms with Crippen molar-refractivity contribution < 1.29 is 33.4 Å². The number of carbonyl (C=O) groups excluding carboxylic acids is 4. The highest BCUT2D eigenvalue weighted by Gasteiger charge is 2.40. The molecule has 3 aromatic heterocycles. The average Bonchev–Trinajstić information content (AvgIpc) is 4.07. The van der Waals surface area contributed by atoms with Gasteiger partial charge < -0.3 is 44.6 Å². The van der Waals surface area contributed by atoms with E-state index in [1.54, 1.807) is 23.2 Å². The van der Waals surface area contributed by atoms with E-state index in [1.165, 1.54) is 42.2 Å². The number of ether oxygens (including phenoxy) is 3. The number of hydrogen-bond acceptors (Lipinski definition) is 10. The van der Waals surface area contributed by atoms with E-state index in [-0.39, 0.29) is 29.8 Å². The van der Waals surface area contributed by atoms with Crippen molar-refractivity contribution in [2.24, 2.45) is 5.92 Å². The van der Waals surface area contributed by atoms with Crippen LogP contribution in [-0.2, 0) is 36.6 Å². The zero-order valence-electron chi connectivity index (χ0n) is 33.3. The maximum Gasteiger partial charge on any atom is 0.407 e. The highest BCUT2D eigenvalue weighted by Crippen LogP contribution is 2.46. The third-order valence-corrected chi connectivity index (χ3v) is 12.9. The molecule has 2 aliphatic heterocycles. The number of carbonyl (C=O) groups is 4. The van der Waals surface area contributed by atoms with Crippen LogP contribution in [0.3, 0.4) is 0 Å². The number of alkyl carbamates (subject to hydrolysis) is 2. The summed E-state index contributed by atoms with van der Waals surface area (Å²) in [6.45, 7) is 6.70. The molecule has 1 aliphatic carbocycles. The van der Waals surface area contributed by atoms with Gasteiger partial charge in [0.1, 0.15) is 23.7 Å². The number of benzene rings is 1. The average molecular weight is 801 g/mol. The maximum absolute atomic E-state index is 13.8.